The molecule has 0 unspecified atom stereocenters. The second-order valence-corrected chi connectivity index (χ2v) is 1.77. The third-order valence-electron chi connectivity index (χ3n) is 0. The molecule has 0 spiro atoms. The molecule has 0 fully saturated rings. The Bertz CT molecular complexity index is 9.61. The zero-order valence-corrected chi connectivity index (χ0v) is 7.22. The van der Waals surface area contributed by atoms with Crippen LogP contribution in [0.4, 0.5) is 0 Å². The third kappa shape index (κ3) is 22.9. The van der Waals surface area contributed by atoms with Crippen molar-refractivity contribution >= 4 is 58.3 Å². The van der Waals surface area contributed by atoms with Crippen molar-refractivity contribution in [3.8, 4) is 0 Å². The molecule has 0 saturated heterocycles. The molecule has 0 aromatic carbocycles. The predicted octanol–water partition coefficient (Wildman–Crippen LogP) is 0.615. The monoisotopic (exact) mass is 163 g/mol. The molecule has 5 heavy (non-hydrogen) atoms. The van der Waals surface area contributed by atoms with Crippen LogP contribution >= 0.6 is 20.3 Å². The second kappa shape index (κ2) is 16.4. The Morgan fingerprint density at radius 3 is 1.20 bits per heavy atom. The number of rotatable bonds is 0. The average molecular weight is 164 g/mol. The second-order valence-electron chi connectivity index (χ2n) is 0.0476. The van der Waals surface area contributed by atoms with Gasteiger partial charge in [0.25, 0.3) is 0 Å². The van der Waals surface area contributed by atoms with Crippen LogP contribution in [0.25, 0.3) is 0 Å². The maximum atomic E-state index is 4.73. The standard InChI is InChI=1S/B.2ClH.Co.Na/h;2*1H;;/q;;;+2;/p-2. The van der Waals surface area contributed by atoms with E-state index in [4.69, 9.17) is 20.3 Å². The summed E-state index contributed by atoms with van der Waals surface area (Å²) in [4.78, 5) is 0. The predicted molar refractivity (Wildman–Crippen MR) is 23.2 cm³/mol. The Balaban J connectivity index is -0.0000000200. The number of halogens is 2. The molecule has 27 valence electrons. The molecular weight excluding hydrogens is 164 g/mol. The van der Waals surface area contributed by atoms with Gasteiger partial charge in [0.1, 0.15) is 0 Å². The van der Waals surface area contributed by atoms with Crippen LogP contribution in [-0.2, 0) is 12.9 Å². The van der Waals surface area contributed by atoms with Gasteiger partial charge in [-0.25, -0.2) is 0 Å². The summed E-state index contributed by atoms with van der Waals surface area (Å²) in [5, 5.41) is 0. The Kier molecular flexibility index (Phi) is 51.6. The van der Waals surface area contributed by atoms with Gasteiger partial charge in [0.05, 0.1) is 0 Å². The third-order valence-corrected chi connectivity index (χ3v) is 0. The van der Waals surface area contributed by atoms with E-state index in [2.05, 4.69) is 0 Å². The van der Waals surface area contributed by atoms with Gasteiger partial charge in [0.2, 0.25) is 0 Å². The van der Waals surface area contributed by atoms with Crippen molar-refractivity contribution in [1.82, 2.24) is 0 Å². The molecule has 0 aliphatic heterocycles. The fourth-order valence-corrected chi connectivity index (χ4v) is 0. The van der Waals surface area contributed by atoms with E-state index in [-0.39, 0.29) is 38.0 Å². The minimum atomic E-state index is 0. The summed E-state index contributed by atoms with van der Waals surface area (Å²) in [7, 11) is 9.47. The average Bonchev–Trinajstić information content (AvgIpc) is 0.918. The molecule has 0 amide bonds. The molecule has 0 bridgehead atoms. The number of hydrogen-bond acceptors (Lipinski definition) is 0. The summed E-state index contributed by atoms with van der Waals surface area (Å²) in [6.45, 7) is 0. The van der Waals surface area contributed by atoms with Crippen molar-refractivity contribution in [2.75, 3.05) is 0 Å². The maximum absolute atomic E-state index is 4.73. The van der Waals surface area contributed by atoms with Crippen LogP contribution in [0.3, 0.4) is 0 Å². The Morgan fingerprint density at radius 2 is 1.20 bits per heavy atom. The fourth-order valence-electron chi connectivity index (χ4n) is 0. The number of hydrogen-bond donors (Lipinski definition) is 0. The van der Waals surface area contributed by atoms with Crippen LogP contribution in [0, 0.1) is 0 Å². The van der Waals surface area contributed by atoms with Crippen molar-refractivity contribution < 1.29 is 12.9 Å². The summed E-state index contributed by atoms with van der Waals surface area (Å²) in [6.07, 6.45) is 0. The molecule has 0 N–H and O–H groups in total. The quantitative estimate of drug-likeness (QED) is 0.460. The van der Waals surface area contributed by atoms with Gasteiger partial charge in [0, 0.05) is 38.0 Å². The minimum absolute atomic E-state index is 0. The molecule has 0 aromatic rings. The molecule has 0 aliphatic rings. The minimum Gasteiger partial charge on any atom is 0 e. The normalized spacial score (nSPS) is 4.40. The molecule has 5 heteroatoms. The zero-order chi connectivity index (χ0) is 2.71. The van der Waals surface area contributed by atoms with Crippen LogP contribution < -0.4 is 0 Å². The van der Waals surface area contributed by atoms with Gasteiger partial charge in [-0.2, -0.15) is 0 Å². The topological polar surface area (TPSA) is 0 Å². The van der Waals surface area contributed by atoms with Gasteiger partial charge >= 0.3 is 33.2 Å². The molecular formula is BCl2CoNa. The van der Waals surface area contributed by atoms with E-state index in [1.54, 1.807) is 0 Å². The summed E-state index contributed by atoms with van der Waals surface area (Å²) in [6, 6.07) is 0. The first-order valence-electron chi connectivity index (χ1n) is 0.252. The summed E-state index contributed by atoms with van der Waals surface area (Å²) < 4.78 is 0. The summed E-state index contributed by atoms with van der Waals surface area (Å²) in [5.74, 6) is 0. The van der Waals surface area contributed by atoms with Crippen molar-refractivity contribution in [2.45, 2.75) is 0 Å². The summed E-state index contributed by atoms with van der Waals surface area (Å²) in [5.41, 5.74) is 0. The van der Waals surface area contributed by atoms with E-state index in [0.717, 1.165) is 0 Å². The van der Waals surface area contributed by atoms with Gasteiger partial charge in [-0.3, -0.25) is 0 Å². The van der Waals surface area contributed by atoms with Crippen LogP contribution in [0.1, 0.15) is 0 Å². The van der Waals surface area contributed by atoms with Crippen LogP contribution in [-0.4, -0.2) is 38.0 Å². The smallest absolute Gasteiger partial charge is 0 e. The molecule has 0 aromatic heterocycles. The molecule has 0 rings (SSSR count). The van der Waals surface area contributed by atoms with Crippen molar-refractivity contribution in [3.05, 3.63) is 0 Å². The van der Waals surface area contributed by atoms with Gasteiger partial charge in [0.15, 0.2) is 0 Å². The van der Waals surface area contributed by atoms with E-state index in [1.807, 2.05) is 0 Å². The van der Waals surface area contributed by atoms with Gasteiger partial charge < -0.3 is 0 Å². The van der Waals surface area contributed by atoms with Crippen molar-refractivity contribution in [3.63, 3.8) is 0 Å². The largest absolute Gasteiger partial charge is 0 e. The van der Waals surface area contributed by atoms with Crippen LogP contribution in [0.5, 0.6) is 0 Å². The molecule has 0 heterocycles. The van der Waals surface area contributed by atoms with E-state index < -0.39 is 0 Å². The summed E-state index contributed by atoms with van der Waals surface area (Å²) >= 11 is 0.382. The molecule has 0 aliphatic carbocycles. The zero-order valence-electron chi connectivity index (χ0n) is 2.67. The van der Waals surface area contributed by atoms with Crippen molar-refractivity contribution in [2.24, 2.45) is 0 Å². The SMILES string of the molecule is [B].[Cl][Co][Cl].[Na]. The first-order chi connectivity index (χ1) is 1.41. The van der Waals surface area contributed by atoms with Gasteiger partial charge in [-0.15, -0.1) is 0 Å². The first kappa shape index (κ1) is 15.7. The van der Waals surface area contributed by atoms with Gasteiger partial charge in [-0.05, 0) is 0 Å². The Labute approximate surface area is 70.3 Å². The van der Waals surface area contributed by atoms with Crippen molar-refractivity contribution in [1.29, 1.82) is 0 Å². The van der Waals surface area contributed by atoms with E-state index >= 15 is 0 Å². The first-order valence-corrected chi connectivity index (χ1v) is 3.12. The van der Waals surface area contributed by atoms with Crippen LogP contribution in [0.2, 0.25) is 0 Å². The Morgan fingerprint density at radius 1 is 1.20 bits per heavy atom. The van der Waals surface area contributed by atoms with E-state index in [9.17, 15) is 0 Å². The van der Waals surface area contributed by atoms with E-state index in [1.165, 1.54) is 0 Å². The molecule has 0 atom stereocenters. The van der Waals surface area contributed by atoms with Gasteiger partial charge in [-0.1, -0.05) is 0 Å². The maximum Gasteiger partial charge on any atom is 0 e. The molecule has 0 nitrogen and oxygen atoms in total. The Hall–Kier alpha value is 2.15. The van der Waals surface area contributed by atoms with Crippen LogP contribution in [0.15, 0.2) is 0 Å². The molecule has 0 saturated carbocycles. The molecule has 4 radical (unpaired) electrons. The fraction of sp³-hybridized carbons (Fsp3) is 0. The van der Waals surface area contributed by atoms with E-state index in [0.29, 0.717) is 12.9 Å².